The maximum Gasteiger partial charge on any atom is 0.252 e. The van der Waals surface area contributed by atoms with E-state index in [0.717, 1.165) is 33.9 Å². The lowest BCUT2D eigenvalue weighted by Gasteiger charge is -2.22. The van der Waals surface area contributed by atoms with Gasteiger partial charge in [0.05, 0.1) is 13.2 Å². The summed E-state index contributed by atoms with van der Waals surface area (Å²) in [7, 11) is 1.66. The number of hydrogen-bond donors (Lipinski definition) is 1. The van der Waals surface area contributed by atoms with Crippen LogP contribution in [0.4, 0.5) is 0 Å². The van der Waals surface area contributed by atoms with E-state index in [1.54, 1.807) is 7.11 Å². The molecule has 1 N–H and O–H groups in total. The van der Waals surface area contributed by atoms with Gasteiger partial charge in [-0.1, -0.05) is 19.9 Å². The van der Waals surface area contributed by atoms with Crippen molar-refractivity contribution in [3.05, 3.63) is 52.6 Å². The van der Waals surface area contributed by atoms with Crippen LogP contribution in [-0.4, -0.2) is 26.2 Å². The first kappa shape index (κ1) is 19.1. The highest BCUT2D eigenvalue weighted by Gasteiger charge is 2.19. The molecule has 144 valence electrons. The van der Waals surface area contributed by atoms with Crippen LogP contribution in [0.15, 0.2) is 30.3 Å². The Morgan fingerprint density at radius 1 is 1.07 bits per heavy atom. The zero-order valence-corrected chi connectivity index (χ0v) is 16.6. The van der Waals surface area contributed by atoms with Crippen molar-refractivity contribution in [3.63, 3.8) is 0 Å². The maximum absolute atomic E-state index is 12.9. The Labute approximate surface area is 160 Å². The number of fused-ring (bicyclic) bond motifs is 1. The number of carbonyl (C=O) groups is 1. The molecule has 1 amide bonds. The van der Waals surface area contributed by atoms with Crippen molar-refractivity contribution in [2.75, 3.05) is 20.3 Å². The number of rotatable bonds is 5. The number of methoxy groups -OCH3 is 1. The van der Waals surface area contributed by atoms with Gasteiger partial charge in [-0.25, -0.2) is 0 Å². The third kappa shape index (κ3) is 4.02. The van der Waals surface area contributed by atoms with Crippen LogP contribution < -0.4 is 19.5 Å². The average molecular weight is 369 g/mol. The molecule has 1 heterocycles. The number of aryl methyl sites for hydroxylation is 1. The topological polar surface area (TPSA) is 56.8 Å². The summed E-state index contributed by atoms with van der Waals surface area (Å²) in [6, 6.07) is 9.49. The van der Waals surface area contributed by atoms with Crippen molar-refractivity contribution < 1.29 is 19.0 Å². The lowest BCUT2D eigenvalue weighted by atomic mass is 9.95. The van der Waals surface area contributed by atoms with Gasteiger partial charge in [-0.3, -0.25) is 4.79 Å². The third-order valence-corrected chi connectivity index (χ3v) is 4.86. The molecular formula is C22H27NO4. The molecule has 5 heteroatoms. The minimum atomic E-state index is -0.155. The van der Waals surface area contributed by atoms with Gasteiger partial charge in [0.1, 0.15) is 19.0 Å². The zero-order valence-electron chi connectivity index (χ0n) is 16.6. The van der Waals surface area contributed by atoms with E-state index in [2.05, 4.69) is 19.2 Å². The molecule has 0 aromatic heterocycles. The average Bonchev–Trinajstić information content (AvgIpc) is 2.66. The summed E-state index contributed by atoms with van der Waals surface area (Å²) < 4.78 is 16.7. The van der Waals surface area contributed by atoms with Gasteiger partial charge in [0, 0.05) is 5.56 Å². The van der Waals surface area contributed by atoms with E-state index in [4.69, 9.17) is 14.2 Å². The molecule has 1 aliphatic rings. The van der Waals surface area contributed by atoms with Crippen molar-refractivity contribution in [2.24, 2.45) is 0 Å². The molecule has 0 aliphatic carbocycles. The molecule has 0 radical (unpaired) electrons. The summed E-state index contributed by atoms with van der Waals surface area (Å²) in [5, 5.41) is 3.09. The fourth-order valence-corrected chi connectivity index (χ4v) is 3.26. The Hall–Kier alpha value is -2.69. The van der Waals surface area contributed by atoms with Gasteiger partial charge < -0.3 is 19.5 Å². The highest BCUT2D eigenvalue weighted by atomic mass is 16.6. The number of benzene rings is 2. The second-order valence-corrected chi connectivity index (χ2v) is 7.16. The number of amides is 1. The number of nitrogens with one attached hydrogen (secondary N) is 1. The van der Waals surface area contributed by atoms with E-state index in [0.29, 0.717) is 18.8 Å². The molecule has 0 fully saturated rings. The van der Waals surface area contributed by atoms with Crippen molar-refractivity contribution in [1.82, 2.24) is 5.32 Å². The lowest BCUT2D eigenvalue weighted by molar-refractivity contribution is 0.0939. The summed E-state index contributed by atoms with van der Waals surface area (Å²) in [5.74, 6) is 2.46. The minimum absolute atomic E-state index is 0.0977. The van der Waals surface area contributed by atoms with Crippen molar-refractivity contribution in [3.8, 4) is 17.2 Å². The molecule has 1 atom stereocenters. The first-order valence-electron chi connectivity index (χ1n) is 9.29. The van der Waals surface area contributed by atoms with Gasteiger partial charge in [0.2, 0.25) is 0 Å². The Bertz CT molecular complexity index is 844. The maximum atomic E-state index is 12.9. The number of carbonyl (C=O) groups excluding carboxylic acids is 1. The molecule has 0 bridgehead atoms. The highest BCUT2D eigenvalue weighted by molar-refractivity contribution is 5.96. The normalized spacial score (nSPS) is 14.0. The predicted octanol–water partition coefficient (Wildman–Crippen LogP) is 4.39. The van der Waals surface area contributed by atoms with Crippen LogP contribution in [0.5, 0.6) is 17.2 Å². The first-order chi connectivity index (χ1) is 12.9. The first-order valence-corrected chi connectivity index (χ1v) is 9.29. The second-order valence-electron chi connectivity index (χ2n) is 7.16. The van der Waals surface area contributed by atoms with E-state index in [9.17, 15) is 4.79 Å². The molecule has 0 spiro atoms. The molecule has 1 unspecified atom stereocenters. The largest absolute Gasteiger partial charge is 0.496 e. The summed E-state index contributed by atoms with van der Waals surface area (Å²) in [5.41, 5.74) is 3.56. The highest BCUT2D eigenvalue weighted by Crippen LogP contribution is 2.33. The van der Waals surface area contributed by atoms with E-state index in [1.165, 1.54) is 0 Å². The van der Waals surface area contributed by atoms with Crippen molar-refractivity contribution in [1.29, 1.82) is 0 Å². The van der Waals surface area contributed by atoms with E-state index in [1.807, 2.05) is 44.2 Å². The van der Waals surface area contributed by atoms with Crippen LogP contribution in [0.1, 0.15) is 59.8 Å². The molecule has 2 aromatic rings. The fourth-order valence-electron chi connectivity index (χ4n) is 3.26. The van der Waals surface area contributed by atoms with Crippen molar-refractivity contribution >= 4 is 5.91 Å². The summed E-state index contributed by atoms with van der Waals surface area (Å²) in [6.45, 7) is 9.18. The third-order valence-electron chi connectivity index (χ3n) is 4.86. The van der Waals surface area contributed by atoms with Crippen LogP contribution in [0.2, 0.25) is 0 Å². The van der Waals surface area contributed by atoms with Crippen LogP contribution >= 0.6 is 0 Å². The van der Waals surface area contributed by atoms with Crippen LogP contribution in [0.25, 0.3) is 0 Å². The van der Waals surface area contributed by atoms with Crippen LogP contribution in [-0.2, 0) is 0 Å². The fraction of sp³-hybridized carbons (Fsp3) is 0.409. The quantitative estimate of drug-likeness (QED) is 0.849. The van der Waals surface area contributed by atoms with Gasteiger partial charge in [0.15, 0.2) is 11.5 Å². The molecule has 27 heavy (non-hydrogen) atoms. The molecule has 3 rings (SSSR count). The monoisotopic (exact) mass is 369 g/mol. The van der Waals surface area contributed by atoms with Gasteiger partial charge in [-0.05, 0) is 60.7 Å². The minimum Gasteiger partial charge on any atom is -0.496 e. The predicted molar refractivity (Wildman–Crippen MR) is 105 cm³/mol. The standard InChI is InChI=1S/C22H27NO4/c1-13(2)17-12-18(14(3)10-20(17)25-5)22(24)23-15(4)16-6-7-19-21(11-16)27-9-8-26-19/h6-7,10-13,15H,8-9H2,1-5H3,(H,23,24). The SMILES string of the molecule is COc1cc(C)c(C(=O)NC(C)c2ccc3c(c2)OCCO3)cc1C(C)C. The van der Waals surface area contributed by atoms with E-state index >= 15 is 0 Å². The number of hydrogen-bond acceptors (Lipinski definition) is 4. The number of ether oxygens (including phenoxy) is 3. The van der Waals surface area contributed by atoms with Crippen LogP contribution in [0, 0.1) is 6.92 Å². The molecule has 1 aliphatic heterocycles. The molecule has 5 nitrogen and oxygen atoms in total. The van der Waals surface area contributed by atoms with Gasteiger partial charge >= 0.3 is 0 Å². The van der Waals surface area contributed by atoms with E-state index < -0.39 is 0 Å². The summed E-state index contributed by atoms with van der Waals surface area (Å²) in [6.07, 6.45) is 0. The van der Waals surface area contributed by atoms with Crippen molar-refractivity contribution in [2.45, 2.75) is 39.7 Å². The Morgan fingerprint density at radius 3 is 2.44 bits per heavy atom. The summed E-state index contributed by atoms with van der Waals surface area (Å²) in [4.78, 5) is 12.9. The molecule has 0 saturated heterocycles. The zero-order chi connectivity index (χ0) is 19.6. The molecule has 0 saturated carbocycles. The molecular weight excluding hydrogens is 342 g/mol. The second kappa shape index (κ2) is 7.91. The Kier molecular flexibility index (Phi) is 5.59. The van der Waals surface area contributed by atoms with Gasteiger partial charge in [0.25, 0.3) is 5.91 Å². The molecule has 2 aromatic carbocycles. The Balaban J connectivity index is 1.81. The Morgan fingerprint density at radius 2 is 1.78 bits per heavy atom. The van der Waals surface area contributed by atoms with Gasteiger partial charge in [-0.2, -0.15) is 0 Å². The van der Waals surface area contributed by atoms with E-state index in [-0.39, 0.29) is 17.9 Å². The van der Waals surface area contributed by atoms with Gasteiger partial charge in [-0.15, -0.1) is 0 Å². The lowest BCUT2D eigenvalue weighted by Crippen LogP contribution is -2.27. The van der Waals surface area contributed by atoms with Crippen LogP contribution in [0.3, 0.4) is 0 Å². The summed E-state index contributed by atoms with van der Waals surface area (Å²) >= 11 is 0. The smallest absolute Gasteiger partial charge is 0.252 e.